The maximum absolute atomic E-state index is 14.5. The summed E-state index contributed by atoms with van der Waals surface area (Å²) in [5.74, 6) is -6.06. The van der Waals surface area contributed by atoms with E-state index in [2.05, 4.69) is 25.0 Å². The van der Waals surface area contributed by atoms with E-state index >= 15 is 0 Å². The van der Waals surface area contributed by atoms with Crippen molar-refractivity contribution >= 4 is 17.7 Å². The van der Waals surface area contributed by atoms with Crippen molar-refractivity contribution in [3.63, 3.8) is 0 Å². The van der Waals surface area contributed by atoms with Gasteiger partial charge in [-0.3, -0.25) is 9.36 Å². The van der Waals surface area contributed by atoms with E-state index in [1.807, 2.05) is 0 Å². The second-order valence-electron chi connectivity index (χ2n) is 6.92. The highest BCUT2D eigenvalue weighted by Gasteiger charge is 2.76. The van der Waals surface area contributed by atoms with Gasteiger partial charge in [-0.1, -0.05) is 0 Å². The van der Waals surface area contributed by atoms with Gasteiger partial charge in [-0.2, -0.15) is 13.8 Å². The number of ether oxygens (including phenoxy) is 2. The Morgan fingerprint density at radius 2 is 1.94 bits per heavy atom. The van der Waals surface area contributed by atoms with E-state index in [-0.39, 0.29) is 17.9 Å². The van der Waals surface area contributed by atoms with Gasteiger partial charge in [0.1, 0.15) is 11.4 Å². The number of aliphatic hydroxyl groups is 2. The molecule has 1 spiro atoms. The highest BCUT2D eigenvalue weighted by atomic mass is 19.3. The fourth-order valence-electron chi connectivity index (χ4n) is 3.30. The van der Waals surface area contributed by atoms with Crippen LogP contribution in [0.3, 0.4) is 0 Å². The zero-order chi connectivity index (χ0) is 22.6. The number of nitrogens with zero attached hydrogens (tertiary/aromatic N) is 4. The number of amides is 1. The Hall–Kier alpha value is -3.36. The van der Waals surface area contributed by atoms with Crippen molar-refractivity contribution in [3.05, 3.63) is 46.5 Å². The maximum atomic E-state index is 14.5. The Morgan fingerprint density at radius 1 is 1.29 bits per heavy atom. The molecule has 4 rings (SSSR count). The molecule has 164 valence electrons. The van der Waals surface area contributed by atoms with E-state index in [1.165, 1.54) is 6.20 Å². The number of hydrogen-bond acceptors (Lipinski definition) is 10. The number of aliphatic hydroxyl groups excluding tert-OH is 2. The maximum Gasteiger partial charge on any atom is 0.359 e. The topological polar surface area (TPSA) is 166 Å². The van der Waals surface area contributed by atoms with Crippen LogP contribution in [0.5, 0.6) is 0 Å². The summed E-state index contributed by atoms with van der Waals surface area (Å²) < 4.78 is 39.0. The lowest BCUT2D eigenvalue weighted by Crippen LogP contribution is -2.42. The van der Waals surface area contributed by atoms with Crippen LogP contribution >= 0.6 is 0 Å². The van der Waals surface area contributed by atoms with Crippen molar-refractivity contribution in [1.29, 1.82) is 0 Å². The molecule has 2 fully saturated rings. The summed E-state index contributed by atoms with van der Waals surface area (Å²) in [6, 6.07) is 1.04. The molecule has 2 aromatic rings. The molecule has 0 bridgehead atoms. The van der Waals surface area contributed by atoms with Crippen LogP contribution in [0.4, 0.5) is 14.6 Å². The van der Waals surface area contributed by atoms with E-state index < -0.39 is 53.2 Å². The molecule has 2 aliphatic rings. The highest BCUT2D eigenvalue weighted by Crippen LogP contribution is 2.58. The lowest BCUT2D eigenvalue weighted by molar-refractivity contribution is -0.141. The first-order valence-electron chi connectivity index (χ1n) is 8.83. The van der Waals surface area contributed by atoms with Gasteiger partial charge in [-0.05, 0) is 6.07 Å². The van der Waals surface area contributed by atoms with Crippen molar-refractivity contribution in [1.82, 2.24) is 19.5 Å². The Morgan fingerprint density at radius 3 is 2.48 bits per heavy atom. The summed E-state index contributed by atoms with van der Waals surface area (Å²) in [6.07, 6.45) is -2.77. The summed E-state index contributed by atoms with van der Waals surface area (Å²) in [5, 5.41) is 21.6. The summed E-state index contributed by atoms with van der Waals surface area (Å²) in [6.45, 7) is 0. The molecule has 12 nitrogen and oxygen atoms in total. The predicted molar refractivity (Wildman–Crippen MR) is 94.3 cm³/mol. The molecule has 3 heterocycles. The van der Waals surface area contributed by atoms with Crippen LogP contribution in [0.15, 0.2) is 29.5 Å². The molecular formula is C17H15F2N5O7. The van der Waals surface area contributed by atoms with E-state index in [0.29, 0.717) is 4.57 Å². The smallest absolute Gasteiger partial charge is 0.359 e. The van der Waals surface area contributed by atoms with Crippen molar-refractivity contribution in [3.8, 4) is 0 Å². The monoisotopic (exact) mass is 439 g/mol. The minimum Gasteiger partial charge on any atom is -0.464 e. The van der Waals surface area contributed by atoms with Crippen molar-refractivity contribution in [2.45, 2.75) is 36.4 Å². The third-order valence-corrected chi connectivity index (χ3v) is 5.02. The van der Waals surface area contributed by atoms with E-state index in [0.717, 1.165) is 25.6 Å². The van der Waals surface area contributed by atoms with E-state index in [9.17, 15) is 33.4 Å². The van der Waals surface area contributed by atoms with Crippen LogP contribution < -0.4 is 11.0 Å². The largest absolute Gasteiger partial charge is 0.464 e. The number of anilines is 1. The second-order valence-corrected chi connectivity index (χ2v) is 6.92. The quantitative estimate of drug-likeness (QED) is 0.508. The van der Waals surface area contributed by atoms with Gasteiger partial charge in [0, 0.05) is 25.0 Å². The molecule has 14 heteroatoms. The average molecular weight is 439 g/mol. The SMILES string of the molecule is COC(=O)c1nccnc1C(=O)Nc1ccn([C@@H]2O[C@]3(CC3O)[C@@H](O)C2(F)F)c(=O)n1. The Balaban J connectivity index is 1.58. The standard InChI is InChI=1S/C17H15F2N5O7/c1-30-12(27)10-9(20-3-4-21-10)11(26)22-8-2-5-24(15(29)23-8)14-17(18,19)13(28)16(31-14)6-7(16)25/h2-5,7,13-14,25,28H,6H2,1H3,(H,22,23,26,29)/t7?,13-,14-,16+/m1/s1. The van der Waals surface area contributed by atoms with Gasteiger partial charge >= 0.3 is 17.6 Å². The molecule has 1 unspecified atom stereocenters. The molecule has 0 radical (unpaired) electrons. The third kappa shape index (κ3) is 3.24. The number of aromatic nitrogens is 4. The number of esters is 1. The Labute approximate surface area is 171 Å². The number of rotatable bonds is 4. The Bertz CT molecular complexity index is 1130. The minimum absolute atomic E-state index is 0.197. The lowest BCUT2D eigenvalue weighted by atomic mass is 10.1. The molecule has 1 amide bonds. The molecule has 1 saturated carbocycles. The average Bonchev–Trinajstić information content (AvgIpc) is 3.36. The molecular weight excluding hydrogens is 424 g/mol. The van der Waals surface area contributed by atoms with Gasteiger partial charge in [0.25, 0.3) is 5.91 Å². The zero-order valence-electron chi connectivity index (χ0n) is 15.7. The highest BCUT2D eigenvalue weighted by molar-refractivity contribution is 6.08. The summed E-state index contributed by atoms with van der Waals surface area (Å²) in [7, 11) is 1.09. The first-order chi connectivity index (χ1) is 14.6. The molecule has 0 aromatic carbocycles. The van der Waals surface area contributed by atoms with Crippen LogP contribution in [0, 0.1) is 0 Å². The van der Waals surface area contributed by atoms with Crippen LogP contribution in [0.1, 0.15) is 33.6 Å². The molecule has 1 aliphatic heterocycles. The van der Waals surface area contributed by atoms with Crippen LogP contribution in [0.25, 0.3) is 0 Å². The number of carbonyl (C=O) groups is 2. The Kier molecular flexibility index (Phi) is 4.79. The van der Waals surface area contributed by atoms with Gasteiger partial charge in [-0.25, -0.2) is 19.6 Å². The number of carbonyl (C=O) groups excluding carboxylic acids is 2. The minimum atomic E-state index is -3.87. The molecule has 2 aromatic heterocycles. The number of methoxy groups -OCH3 is 1. The number of nitrogens with one attached hydrogen (secondary N) is 1. The van der Waals surface area contributed by atoms with E-state index in [1.54, 1.807) is 0 Å². The summed E-state index contributed by atoms with van der Waals surface area (Å²) >= 11 is 0. The van der Waals surface area contributed by atoms with Gasteiger partial charge in [-0.15, -0.1) is 0 Å². The van der Waals surface area contributed by atoms with Crippen LogP contribution in [0.2, 0.25) is 0 Å². The number of alkyl halides is 2. The number of hydrogen-bond donors (Lipinski definition) is 3. The van der Waals surface area contributed by atoms with Crippen molar-refractivity contribution in [2.75, 3.05) is 12.4 Å². The first kappa shape index (κ1) is 20.9. The van der Waals surface area contributed by atoms with Gasteiger partial charge in [0.15, 0.2) is 17.5 Å². The third-order valence-electron chi connectivity index (χ3n) is 5.02. The number of halogens is 2. The molecule has 3 N–H and O–H groups in total. The lowest BCUT2D eigenvalue weighted by Gasteiger charge is -2.21. The fourth-order valence-corrected chi connectivity index (χ4v) is 3.30. The molecule has 1 aliphatic carbocycles. The van der Waals surface area contributed by atoms with E-state index in [4.69, 9.17) is 4.74 Å². The van der Waals surface area contributed by atoms with Gasteiger partial charge in [0.2, 0.25) is 6.23 Å². The zero-order valence-corrected chi connectivity index (χ0v) is 15.7. The summed E-state index contributed by atoms with van der Waals surface area (Å²) in [4.78, 5) is 47.4. The normalized spacial score (nSPS) is 28.4. The second kappa shape index (κ2) is 7.11. The predicted octanol–water partition coefficient (Wildman–Crippen LogP) is -0.899. The van der Waals surface area contributed by atoms with Crippen molar-refractivity contribution < 1.29 is 38.1 Å². The van der Waals surface area contributed by atoms with Crippen molar-refractivity contribution in [2.24, 2.45) is 0 Å². The molecule has 4 atom stereocenters. The van der Waals surface area contributed by atoms with Gasteiger partial charge in [0.05, 0.1) is 13.2 Å². The van der Waals surface area contributed by atoms with Gasteiger partial charge < -0.3 is 25.0 Å². The molecule has 31 heavy (non-hydrogen) atoms. The first-order valence-corrected chi connectivity index (χ1v) is 8.83. The fraction of sp³-hybridized carbons (Fsp3) is 0.412. The van der Waals surface area contributed by atoms with Crippen LogP contribution in [-0.2, 0) is 9.47 Å². The van der Waals surface area contributed by atoms with Crippen LogP contribution in [-0.4, -0.2) is 72.4 Å². The molecule has 1 saturated heterocycles. The summed E-state index contributed by atoms with van der Waals surface area (Å²) in [5.41, 5.74) is -3.83.